The lowest BCUT2D eigenvalue weighted by molar-refractivity contribution is 0.591. The standard InChI is InChI=1S/C22H21N5O2S/c23-16-19(22-25-24-20-14-8-3-9-15-27(20)22)21(17-10-4-1-5-11-17)26-30(28,29)18-12-6-2-7-13-18/h1-2,4-7,10-13,26H,3,8-9,14-15H2/b21-19-. The maximum absolute atomic E-state index is 13.1. The highest BCUT2D eigenvalue weighted by atomic mass is 32.2. The van der Waals surface area contributed by atoms with Crippen LogP contribution in [0.1, 0.15) is 36.5 Å². The molecule has 0 aliphatic carbocycles. The zero-order valence-corrected chi connectivity index (χ0v) is 17.1. The van der Waals surface area contributed by atoms with E-state index in [1.807, 2.05) is 10.6 Å². The molecule has 0 bridgehead atoms. The maximum Gasteiger partial charge on any atom is 0.261 e. The second-order valence-corrected chi connectivity index (χ2v) is 8.73. The molecule has 1 aliphatic heterocycles. The van der Waals surface area contributed by atoms with Gasteiger partial charge in [0.15, 0.2) is 5.82 Å². The minimum Gasteiger partial charge on any atom is -0.310 e. The van der Waals surface area contributed by atoms with Crippen LogP contribution in [-0.4, -0.2) is 23.2 Å². The first-order valence-corrected chi connectivity index (χ1v) is 11.3. The van der Waals surface area contributed by atoms with Crippen molar-refractivity contribution in [1.82, 2.24) is 19.5 Å². The molecular weight excluding hydrogens is 398 g/mol. The van der Waals surface area contributed by atoms with E-state index in [1.54, 1.807) is 42.5 Å². The second-order valence-electron chi connectivity index (χ2n) is 7.05. The van der Waals surface area contributed by atoms with Gasteiger partial charge in [-0.25, -0.2) is 8.42 Å². The van der Waals surface area contributed by atoms with E-state index in [1.165, 1.54) is 12.1 Å². The van der Waals surface area contributed by atoms with Gasteiger partial charge in [0.2, 0.25) is 0 Å². The van der Waals surface area contributed by atoms with Gasteiger partial charge >= 0.3 is 0 Å². The van der Waals surface area contributed by atoms with Gasteiger partial charge in [-0.05, 0) is 25.0 Å². The first kappa shape index (κ1) is 19.9. The molecule has 7 nitrogen and oxygen atoms in total. The summed E-state index contributed by atoms with van der Waals surface area (Å²) in [6.07, 6.45) is 3.87. The van der Waals surface area contributed by atoms with Gasteiger partial charge in [-0.15, -0.1) is 10.2 Å². The summed E-state index contributed by atoms with van der Waals surface area (Å²) in [5.74, 6) is 1.22. The van der Waals surface area contributed by atoms with Gasteiger partial charge in [-0.2, -0.15) is 5.26 Å². The Balaban J connectivity index is 1.88. The fourth-order valence-electron chi connectivity index (χ4n) is 3.54. The van der Waals surface area contributed by atoms with E-state index >= 15 is 0 Å². The molecule has 8 heteroatoms. The maximum atomic E-state index is 13.1. The first-order valence-electron chi connectivity index (χ1n) is 9.80. The molecule has 0 fully saturated rings. The van der Waals surface area contributed by atoms with E-state index in [9.17, 15) is 13.7 Å². The average Bonchev–Trinajstić information content (AvgIpc) is 3.02. The van der Waals surface area contributed by atoms with Gasteiger partial charge in [-0.1, -0.05) is 55.0 Å². The third kappa shape index (κ3) is 3.98. The minimum atomic E-state index is -3.90. The smallest absolute Gasteiger partial charge is 0.261 e. The van der Waals surface area contributed by atoms with Crippen molar-refractivity contribution in [2.24, 2.45) is 0 Å². The zero-order chi connectivity index (χ0) is 21.0. The Labute approximate surface area is 175 Å². The number of nitrogens with zero attached hydrogens (tertiary/aromatic N) is 4. The zero-order valence-electron chi connectivity index (χ0n) is 16.3. The van der Waals surface area contributed by atoms with Gasteiger partial charge in [0.25, 0.3) is 10.0 Å². The normalized spacial score (nSPS) is 14.8. The van der Waals surface area contributed by atoms with Crippen LogP contribution in [0, 0.1) is 11.3 Å². The third-order valence-corrected chi connectivity index (χ3v) is 6.41. The number of nitrogens with one attached hydrogen (secondary N) is 1. The molecule has 152 valence electrons. The Bertz CT molecular complexity index is 1210. The molecule has 1 aliphatic rings. The number of aromatic nitrogens is 3. The highest BCUT2D eigenvalue weighted by Crippen LogP contribution is 2.27. The van der Waals surface area contributed by atoms with Crippen LogP contribution in [0.15, 0.2) is 65.6 Å². The lowest BCUT2D eigenvalue weighted by Gasteiger charge is -2.15. The Kier molecular flexibility index (Phi) is 5.63. The topological polar surface area (TPSA) is 101 Å². The molecule has 0 atom stereocenters. The van der Waals surface area contributed by atoms with E-state index in [0.29, 0.717) is 17.9 Å². The van der Waals surface area contributed by atoms with E-state index in [0.717, 1.165) is 31.5 Å². The van der Waals surface area contributed by atoms with E-state index < -0.39 is 10.0 Å². The van der Waals surface area contributed by atoms with Crippen LogP contribution >= 0.6 is 0 Å². The SMILES string of the molecule is N#C/C(=C(/NS(=O)(=O)c1ccccc1)c1ccccc1)c1nnc2n1CCCCC2. The third-order valence-electron chi connectivity index (χ3n) is 5.05. The Hall–Kier alpha value is -3.44. The Morgan fingerprint density at radius 3 is 2.37 bits per heavy atom. The van der Waals surface area contributed by atoms with Gasteiger partial charge < -0.3 is 4.57 Å². The van der Waals surface area contributed by atoms with Crippen molar-refractivity contribution >= 4 is 21.3 Å². The summed E-state index contributed by atoms with van der Waals surface area (Å²) in [6.45, 7) is 0.705. The van der Waals surface area contributed by atoms with E-state index in [-0.39, 0.29) is 16.2 Å². The van der Waals surface area contributed by atoms with Gasteiger partial charge in [-0.3, -0.25) is 4.72 Å². The predicted molar refractivity (Wildman–Crippen MR) is 113 cm³/mol. The summed E-state index contributed by atoms with van der Waals surface area (Å²) in [7, 11) is -3.90. The van der Waals surface area contributed by atoms with Crippen molar-refractivity contribution in [2.75, 3.05) is 0 Å². The van der Waals surface area contributed by atoms with Crippen molar-refractivity contribution in [3.8, 4) is 6.07 Å². The molecule has 3 aromatic rings. The molecule has 1 aromatic heterocycles. The fourth-order valence-corrected chi connectivity index (χ4v) is 4.66. The van der Waals surface area contributed by atoms with Crippen molar-refractivity contribution in [3.63, 3.8) is 0 Å². The molecule has 0 saturated carbocycles. The molecule has 0 unspecified atom stereocenters. The number of benzene rings is 2. The number of fused-ring (bicyclic) bond motifs is 1. The molecule has 1 N–H and O–H groups in total. The minimum absolute atomic E-state index is 0.121. The van der Waals surface area contributed by atoms with E-state index in [2.05, 4.69) is 21.0 Å². The highest BCUT2D eigenvalue weighted by molar-refractivity contribution is 7.89. The summed E-state index contributed by atoms with van der Waals surface area (Å²) >= 11 is 0. The molecule has 0 amide bonds. The van der Waals surface area contributed by atoms with Crippen molar-refractivity contribution in [1.29, 1.82) is 5.26 Å². The molecule has 0 saturated heterocycles. The number of hydrogen-bond acceptors (Lipinski definition) is 5. The highest BCUT2D eigenvalue weighted by Gasteiger charge is 2.24. The van der Waals surface area contributed by atoms with Crippen molar-refractivity contribution < 1.29 is 8.42 Å². The molecule has 2 aromatic carbocycles. The summed E-state index contributed by atoms with van der Waals surface area (Å²) in [6, 6.07) is 19.2. The van der Waals surface area contributed by atoms with Crippen LogP contribution < -0.4 is 4.72 Å². The summed E-state index contributed by atoms with van der Waals surface area (Å²) in [5.41, 5.74) is 0.933. The van der Waals surface area contributed by atoms with Crippen molar-refractivity contribution in [3.05, 3.63) is 77.9 Å². The number of rotatable bonds is 5. The lowest BCUT2D eigenvalue weighted by Crippen LogP contribution is -2.24. The quantitative estimate of drug-likeness (QED) is 0.639. The number of sulfonamides is 1. The number of aryl methyl sites for hydroxylation is 1. The van der Waals surface area contributed by atoms with Gasteiger partial charge in [0.1, 0.15) is 17.5 Å². The number of nitriles is 1. The molecule has 2 heterocycles. The van der Waals surface area contributed by atoms with Crippen LogP contribution in [0.3, 0.4) is 0 Å². The number of hydrogen-bond donors (Lipinski definition) is 1. The fraction of sp³-hybridized carbons (Fsp3) is 0.227. The largest absolute Gasteiger partial charge is 0.310 e. The molecule has 0 spiro atoms. The van der Waals surface area contributed by atoms with Gasteiger partial charge in [0.05, 0.1) is 10.6 Å². The lowest BCUT2D eigenvalue weighted by atomic mass is 10.1. The first-order chi connectivity index (χ1) is 14.6. The van der Waals surface area contributed by atoms with Crippen LogP contribution in [0.25, 0.3) is 11.3 Å². The predicted octanol–water partition coefficient (Wildman–Crippen LogP) is 3.37. The summed E-state index contributed by atoms with van der Waals surface area (Å²) in [4.78, 5) is 0.121. The summed E-state index contributed by atoms with van der Waals surface area (Å²) in [5, 5.41) is 18.6. The van der Waals surface area contributed by atoms with Crippen LogP contribution in [0.5, 0.6) is 0 Å². The van der Waals surface area contributed by atoms with Gasteiger partial charge in [0, 0.05) is 18.5 Å². The summed E-state index contributed by atoms with van der Waals surface area (Å²) < 4.78 is 30.7. The molecular formula is C22H21N5O2S. The molecule has 4 rings (SSSR count). The Morgan fingerprint density at radius 1 is 0.967 bits per heavy atom. The van der Waals surface area contributed by atoms with Crippen molar-refractivity contribution in [2.45, 2.75) is 37.1 Å². The molecule has 30 heavy (non-hydrogen) atoms. The van der Waals surface area contributed by atoms with E-state index in [4.69, 9.17) is 0 Å². The Morgan fingerprint density at radius 2 is 1.67 bits per heavy atom. The number of allylic oxidation sites excluding steroid dienone is 1. The van der Waals surface area contributed by atoms with Crippen LogP contribution in [0.2, 0.25) is 0 Å². The van der Waals surface area contributed by atoms with Crippen LogP contribution in [0.4, 0.5) is 0 Å². The monoisotopic (exact) mass is 419 g/mol. The molecule has 0 radical (unpaired) electrons. The second kappa shape index (κ2) is 8.51. The average molecular weight is 420 g/mol. The van der Waals surface area contributed by atoms with Crippen LogP contribution in [-0.2, 0) is 23.0 Å².